The van der Waals surface area contributed by atoms with Gasteiger partial charge in [0, 0.05) is 29.9 Å². The third kappa shape index (κ3) is 8.28. The summed E-state index contributed by atoms with van der Waals surface area (Å²) in [6, 6.07) is 2.20. The van der Waals surface area contributed by atoms with E-state index in [9.17, 15) is 34.2 Å². The fourth-order valence-corrected chi connectivity index (χ4v) is 3.82. The number of aromatic nitrogens is 1. The molecule has 2 aromatic rings. The van der Waals surface area contributed by atoms with Gasteiger partial charge >= 0.3 is 11.9 Å². The number of aliphatic hydroxyl groups is 1. The fourth-order valence-electron chi connectivity index (χ4n) is 3.82. The Morgan fingerprint density at radius 3 is 2.24 bits per heavy atom. The van der Waals surface area contributed by atoms with Gasteiger partial charge in [0.05, 0.1) is 12.6 Å². The second-order valence-corrected chi connectivity index (χ2v) is 9.12. The monoisotopic (exact) mass is 533 g/mol. The predicted octanol–water partition coefficient (Wildman–Crippen LogP) is -0.520. The van der Waals surface area contributed by atoms with Gasteiger partial charge in [-0.1, -0.05) is 38.5 Å². The Bertz CT molecular complexity index is 1150. The van der Waals surface area contributed by atoms with Gasteiger partial charge in [0.1, 0.15) is 18.1 Å². The van der Waals surface area contributed by atoms with Crippen molar-refractivity contribution in [3.05, 3.63) is 36.0 Å². The Morgan fingerprint density at radius 2 is 1.63 bits per heavy atom. The van der Waals surface area contributed by atoms with Crippen LogP contribution in [0.25, 0.3) is 10.9 Å². The third-order valence-electron chi connectivity index (χ3n) is 6.33. The van der Waals surface area contributed by atoms with E-state index in [-0.39, 0.29) is 25.2 Å². The minimum absolute atomic E-state index is 0.0152. The summed E-state index contributed by atoms with van der Waals surface area (Å²) in [5, 5.41) is 35.6. The minimum atomic E-state index is -1.58. The van der Waals surface area contributed by atoms with E-state index in [2.05, 4.69) is 20.9 Å². The van der Waals surface area contributed by atoms with Crippen LogP contribution in [0.5, 0.6) is 0 Å². The maximum atomic E-state index is 13.3. The number of carbonyl (C=O) groups is 5. The van der Waals surface area contributed by atoms with Gasteiger partial charge in [-0.05, 0) is 24.0 Å². The highest BCUT2D eigenvalue weighted by atomic mass is 16.4. The number of hydrogen-bond donors (Lipinski definition) is 8. The zero-order valence-electron chi connectivity index (χ0n) is 21.3. The molecule has 208 valence electrons. The summed E-state index contributed by atoms with van der Waals surface area (Å²) >= 11 is 0. The number of carboxylic acid groups (broad SMARTS) is 2. The number of carbonyl (C=O) groups excluding carboxylic acids is 3. The smallest absolute Gasteiger partial charge is 0.328 e. The number of hydrogen-bond acceptors (Lipinski definition) is 7. The molecule has 0 fully saturated rings. The molecule has 1 heterocycles. The molecule has 2 rings (SSSR count). The lowest BCUT2D eigenvalue weighted by atomic mass is 9.96. The molecule has 0 spiro atoms. The second-order valence-electron chi connectivity index (χ2n) is 9.12. The lowest BCUT2D eigenvalue weighted by molar-refractivity contribution is -0.143. The average molecular weight is 534 g/mol. The van der Waals surface area contributed by atoms with Gasteiger partial charge in [-0.15, -0.1) is 0 Å². The van der Waals surface area contributed by atoms with E-state index in [4.69, 9.17) is 10.8 Å². The topological polar surface area (TPSA) is 224 Å². The number of benzene rings is 1. The quantitative estimate of drug-likeness (QED) is 0.147. The van der Waals surface area contributed by atoms with Gasteiger partial charge in [-0.3, -0.25) is 19.2 Å². The first-order chi connectivity index (χ1) is 18.0. The lowest BCUT2D eigenvalue weighted by Crippen LogP contribution is -2.59. The predicted molar refractivity (Wildman–Crippen MR) is 137 cm³/mol. The number of aliphatic hydroxyl groups excluding tert-OH is 1. The maximum absolute atomic E-state index is 13.3. The number of nitrogens with one attached hydrogen (secondary N) is 4. The molecule has 38 heavy (non-hydrogen) atoms. The zero-order valence-corrected chi connectivity index (χ0v) is 21.3. The highest BCUT2D eigenvalue weighted by molar-refractivity contribution is 5.95. The Balaban J connectivity index is 2.29. The highest BCUT2D eigenvalue weighted by Gasteiger charge is 2.33. The second kappa shape index (κ2) is 14.1. The number of amides is 3. The van der Waals surface area contributed by atoms with Gasteiger partial charge in [0.25, 0.3) is 0 Å². The van der Waals surface area contributed by atoms with Crippen molar-refractivity contribution in [2.75, 3.05) is 6.61 Å². The van der Waals surface area contributed by atoms with E-state index < -0.39 is 60.4 Å². The molecule has 9 N–H and O–H groups in total. The Morgan fingerprint density at radius 1 is 0.974 bits per heavy atom. The van der Waals surface area contributed by atoms with Gasteiger partial charge < -0.3 is 42.0 Å². The number of fused-ring (bicyclic) bond motifs is 1. The van der Waals surface area contributed by atoms with Crippen LogP contribution in [0.2, 0.25) is 0 Å². The molecule has 0 aliphatic rings. The molecule has 0 saturated carbocycles. The van der Waals surface area contributed by atoms with E-state index in [0.29, 0.717) is 12.0 Å². The molecule has 3 amide bonds. The SMILES string of the molecule is CCC(C)C(NC(=O)C(N)CCC(=O)O)C(=O)NC(Cc1c[nH]c2ccccc12)C(=O)NC(CO)C(=O)O. The fraction of sp³-hybridized carbons (Fsp3) is 0.480. The number of aromatic amines is 1. The first kappa shape index (κ1) is 30.3. The van der Waals surface area contributed by atoms with Crippen molar-refractivity contribution in [3.8, 4) is 0 Å². The molecular formula is C25H35N5O8. The van der Waals surface area contributed by atoms with Crippen molar-refractivity contribution >= 4 is 40.6 Å². The number of aliphatic carboxylic acids is 2. The van der Waals surface area contributed by atoms with Crippen molar-refractivity contribution in [2.24, 2.45) is 11.7 Å². The van der Waals surface area contributed by atoms with Crippen molar-refractivity contribution in [1.29, 1.82) is 0 Å². The van der Waals surface area contributed by atoms with E-state index in [1.165, 1.54) is 0 Å². The average Bonchev–Trinajstić information content (AvgIpc) is 3.30. The number of nitrogens with two attached hydrogens (primary N) is 1. The summed E-state index contributed by atoms with van der Waals surface area (Å²) in [7, 11) is 0. The summed E-state index contributed by atoms with van der Waals surface area (Å²) in [6.07, 6.45) is 1.69. The van der Waals surface area contributed by atoms with Crippen LogP contribution in [-0.4, -0.2) is 80.7 Å². The molecule has 13 nitrogen and oxygen atoms in total. The van der Waals surface area contributed by atoms with E-state index in [1.54, 1.807) is 20.0 Å². The normalized spacial score (nSPS) is 15.1. The van der Waals surface area contributed by atoms with Crippen LogP contribution in [0.4, 0.5) is 0 Å². The van der Waals surface area contributed by atoms with Gasteiger partial charge in [0.2, 0.25) is 17.7 Å². The Hall–Kier alpha value is -3.97. The van der Waals surface area contributed by atoms with Gasteiger partial charge in [-0.2, -0.15) is 0 Å². The van der Waals surface area contributed by atoms with E-state index >= 15 is 0 Å². The molecule has 0 aliphatic carbocycles. The maximum Gasteiger partial charge on any atom is 0.328 e. The van der Waals surface area contributed by atoms with Crippen molar-refractivity contribution in [1.82, 2.24) is 20.9 Å². The van der Waals surface area contributed by atoms with Crippen LogP contribution in [0, 0.1) is 5.92 Å². The molecule has 5 unspecified atom stereocenters. The van der Waals surface area contributed by atoms with Gasteiger partial charge in [0.15, 0.2) is 0 Å². The molecule has 13 heteroatoms. The number of carboxylic acids is 2. The summed E-state index contributed by atoms with van der Waals surface area (Å²) in [5.41, 5.74) is 7.27. The van der Waals surface area contributed by atoms with Crippen LogP contribution in [0.1, 0.15) is 38.7 Å². The first-order valence-corrected chi connectivity index (χ1v) is 12.3. The molecule has 0 aliphatic heterocycles. The molecule has 0 radical (unpaired) electrons. The number of para-hydroxylation sites is 1. The summed E-state index contributed by atoms with van der Waals surface area (Å²) in [4.78, 5) is 64.3. The highest BCUT2D eigenvalue weighted by Crippen LogP contribution is 2.19. The van der Waals surface area contributed by atoms with Crippen LogP contribution in [-0.2, 0) is 30.4 Å². The van der Waals surface area contributed by atoms with Crippen molar-refractivity contribution in [2.45, 2.75) is 63.7 Å². The molecular weight excluding hydrogens is 498 g/mol. The van der Waals surface area contributed by atoms with Crippen molar-refractivity contribution < 1.29 is 39.3 Å². The Labute approximate surface area is 219 Å². The summed E-state index contributed by atoms with van der Waals surface area (Å²) in [6.45, 7) is 2.67. The summed E-state index contributed by atoms with van der Waals surface area (Å²) in [5.74, 6) is -5.19. The van der Waals surface area contributed by atoms with Gasteiger partial charge in [-0.25, -0.2) is 4.79 Å². The van der Waals surface area contributed by atoms with Crippen LogP contribution in [0.3, 0.4) is 0 Å². The van der Waals surface area contributed by atoms with E-state index in [1.807, 2.05) is 24.3 Å². The van der Waals surface area contributed by atoms with E-state index in [0.717, 1.165) is 10.9 Å². The van der Waals surface area contributed by atoms with Crippen molar-refractivity contribution in [3.63, 3.8) is 0 Å². The Kier molecular flexibility index (Phi) is 11.2. The van der Waals surface area contributed by atoms with Crippen LogP contribution < -0.4 is 21.7 Å². The largest absolute Gasteiger partial charge is 0.481 e. The molecule has 5 atom stereocenters. The number of rotatable bonds is 15. The molecule has 0 saturated heterocycles. The molecule has 0 bridgehead atoms. The number of H-pyrrole nitrogens is 1. The summed E-state index contributed by atoms with van der Waals surface area (Å²) < 4.78 is 0. The third-order valence-corrected chi connectivity index (χ3v) is 6.33. The zero-order chi connectivity index (χ0) is 28.4. The standard InChI is InChI=1S/C25H35N5O8/c1-3-13(2)21(30-22(34)16(26)8-9-20(32)33)24(36)28-18(23(35)29-19(12-31)25(37)38)10-14-11-27-17-7-5-4-6-15(14)17/h4-7,11,13,16,18-19,21,27,31H,3,8-10,12,26H2,1-2H3,(H,28,36)(H,29,35)(H,30,34)(H,32,33)(H,37,38). The van der Waals surface area contributed by atoms with Crippen LogP contribution >= 0.6 is 0 Å². The molecule has 1 aromatic heterocycles. The van der Waals surface area contributed by atoms with Crippen LogP contribution in [0.15, 0.2) is 30.5 Å². The minimum Gasteiger partial charge on any atom is -0.481 e. The lowest BCUT2D eigenvalue weighted by Gasteiger charge is -2.28. The first-order valence-electron chi connectivity index (χ1n) is 12.3. The molecule has 1 aromatic carbocycles.